The van der Waals surface area contributed by atoms with E-state index in [2.05, 4.69) is 20.3 Å². The number of halogens is 5. The number of nitrogens with two attached hydrogens (primary N) is 1. The predicted molar refractivity (Wildman–Crippen MR) is 119 cm³/mol. The molecule has 0 radical (unpaired) electrons. The molecule has 13 heteroatoms. The topological polar surface area (TPSA) is 122 Å². The summed E-state index contributed by atoms with van der Waals surface area (Å²) in [7, 11) is 0. The molecule has 3 heterocycles. The Bertz CT molecular complexity index is 1390. The molecule has 0 saturated carbocycles. The van der Waals surface area contributed by atoms with Crippen LogP contribution in [0.1, 0.15) is 40.1 Å². The molecule has 174 valence electrons. The maximum atomic E-state index is 13.9. The van der Waals surface area contributed by atoms with Gasteiger partial charge in [0.25, 0.3) is 5.91 Å². The van der Waals surface area contributed by atoms with Crippen LogP contribution in [0, 0.1) is 11.3 Å². The van der Waals surface area contributed by atoms with E-state index in [0.717, 1.165) is 12.1 Å². The zero-order valence-electron chi connectivity index (χ0n) is 17.3. The molecule has 34 heavy (non-hydrogen) atoms. The molecule has 4 rings (SSSR count). The van der Waals surface area contributed by atoms with Crippen molar-refractivity contribution in [2.45, 2.75) is 25.2 Å². The first kappa shape index (κ1) is 23.5. The van der Waals surface area contributed by atoms with E-state index in [-0.39, 0.29) is 45.1 Å². The number of nitriles is 1. The third-order valence-corrected chi connectivity index (χ3v) is 5.78. The SMILES string of the molecule is CC1(c2cc(NC(=O)c3nc(C#N)c(Cl)cc3Cl)ccc2C(F)(F)F)Cn2ccnc2C(N)=N1. The fraction of sp³-hybridized carbons (Fsp3) is 0.190. The molecular weight excluding hydrogens is 494 g/mol. The number of alkyl halides is 3. The lowest BCUT2D eigenvalue weighted by molar-refractivity contribution is -0.138. The highest BCUT2D eigenvalue weighted by atomic mass is 35.5. The lowest BCUT2D eigenvalue weighted by atomic mass is 9.86. The number of nitrogens with one attached hydrogen (secondary N) is 1. The number of amides is 1. The molecule has 3 aromatic rings. The van der Waals surface area contributed by atoms with Crippen LogP contribution in [0.5, 0.6) is 0 Å². The van der Waals surface area contributed by atoms with Crippen molar-refractivity contribution in [3.8, 4) is 6.07 Å². The molecule has 0 saturated heterocycles. The second kappa shape index (κ2) is 8.30. The molecule has 1 unspecified atom stereocenters. The van der Waals surface area contributed by atoms with Crippen LogP contribution in [-0.2, 0) is 18.3 Å². The third kappa shape index (κ3) is 4.18. The average Bonchev–Trinajstić information content (AvgIpc) is 3.21. The molecule has 0 aliphatic carbocycles. The molecule has 0 fully saturated rings. The Labute approximate surface area is 200 Å². The van der Waals surface area contributed by atoms with Gasteiger partial charge in [-0.05, 0) is 36.8 Å². The Hall–Kier alpha value is -3.62. The number of aromatic nitrogens is 3. The molecule has 0 bridgehead atoms. The van der Waals surface area contributed by atoms with Gasteiger partial charge in [0.2, 0.25) is 0 Å². The van der Waals surface area contributed by atoms with E-state index < -0.39 is 23.2 Å². The van der Waals surface area contributed by atoms with Gasteiger partial charge in [0.1, 0.15) is 17.3 Å². The van der Waals surface area contributed by atoms with Crippen molar-refractivity contribution in [3.05, 3.63) is 75.0 Å². The minimum atomic E-state index is -4.69. The van der Waals surface area contributed by atoms with E-state index in [1.807, 2.05) is 0 Å². The third-order valence-electron chi connectivity index (χ3n) is 5.20. The largest absolute Gasteiger partial charge is 0.416 e. The van der Waals surface area contributed by atoms with Crippen LogP contribution in [0.15, 0.2) is 41.7 Å². The zero-order valence-corrected chi connectivity index (χ0v) is 18.8. The monoisotopic (exact) mass is 507 g/mol. The second-order valence-electron chi connectivity index (χ2n) is 7.62. The number of amidine groups is 1. The van der Waals surface area contributed by atoms with Crippen LogP contribution in [0.3, 0.4) is 0 Å². The van der Waals surface area contributed by atoms with Crippen molar-refractivity contribution < 1.29 is 18.0 Å². The number of pyridine rings is 1. The number of benzene rings is 1. The van der Waals surface area contributed by atoms with Crippen molar-refractivity contribution in [1.82, 2.24) is 14.5 Å². The van der Waals surface area contributed by atoms with E-state index in [4.69, 9.17) is 34.2 Å². The standard InChI is InChI=1S/C21H14Cl2F3N7O/c1-20(9-33-5-4-29-18(33)17(28)32-20)12-6-10(2-3-11(12)21(24,25)26)30-19(34)16-14(23)7-13(22)15(8-27)31-16/h2-7H,9H2,1H3,(H2,28,32)(H,30,34). The first-order chi connectivity index (χ1) is 15.9. The van der Waals surface area contributed by atoms with Crippen LogP contribution in [0.2, 0.25) is 10.0 Å². The van der Waals surface area contributed by atoms with Gasteiger partial charge in [0.05, 0.1) is 22.2 Å². The molecule has 8 nitrogen and oxygen atoms in total. The summed E-state index contributed by atoms with van der Waals surface area (Å²) in [5.41, 5.74) is 2.93. The van der Waals surface area contributed by atoms with Gasteiger partial charge in [0.15, 0.2) is 17.4 Å². The smallest absolute Gasteiger partial charge is 0.381 e. The molecule has 1 aliphatic rings. The maximum Gasteiger partial charge on any atom is 0.416 e. The van der Waals surface area contributed by atoms with Crippen molar-refractivity contribution in [2.24, 2.45) is 10.7 Å². The molecule has 1 atom stereocenters. The number of carbonyl (C=O) groups excluding carboxylic acids is 1. The number of carbonyl (C=O) groups is 1. The lowest BCUT2D eigenvalue weighted by Gasteiger charge is -2.33. The average molecular weight is 508 g/mol. The number of hydrogen-bond donors (Lipinski definition) is 2. The number of nitrogens with zero attached hydrogens (tertiary/aromatic N) is 5. The van der Waals surface area contributed by atoms with Crippen LogP contribution in [0.4, 0.5) is 18.9 Å². The highest BCUT2D eigenvalue weighted by Crippen LogP contribution is 2.42. The van der Waals surface area contributed by atoms with Crippen LogP contribution in [-0.4, -0.2) is 26.3 Å². The number of aliphatic imine (C=N–C) groups is 1. The fourth-order valence-corrected chi connectivity index (χ4v) is 4.19. The number of imidazole rings is 1. The molecule has 2 aromatic heterocycles. The summed E-state index contributed by atoms with van der Waals surface area (Å²) in [4.78, 5) is 25.0. The van der Waals surface area contributed by atoms with Crippen LogP contribution >= 0.6 is 23.2 Å². The second-order valence-corrected chi connectivity index (χ2v) is 8.44. The van der Waals surface area contributed by atoms with E-state index in [0.29, 0.717) is 5.82 Å². The molecular formula is C21H14Cl2F3N7O. The van der Waals surface area contributed by atoms with Crippen molar-refractivity contribution in [3.63, 3.8) is 0 Å². The van der Waals surface area contributed by atoms with Gasteiger partial charge in [0, 0.05) is 18.1 Å². The number of anilines is 1. The Balaban J connectivity index is 1.76. The molecule has 0 spiro atoms. The van der Waals surface area contributed by atoms with Gasteiger partial charge < -0.3 is 15.6 Å². The number of rotatable bonds is 3. The van der Waals surface area contributed by atoms with Crippen LogP contribution in [0.25, 0.3) is 0 Å². The molecule has 1 amide bonds. The first-order valence-corrected chi connectivity index (χ1v) is 10.3. The summed E-state index contributed by atoms with van der Waals surface area (Å²) >= 11 is 11.9. The van der Waals surface area contributed by atoms with Gasteiger partial charge in [-0.2, -0.15) is 18.4 Å². The normalized spacial score (nSPS) is 17.5. The number of fused-ring (bicyclic) bond motifs is 1. The van der Waals surface area contributed by atoms with Crippen molar-refractivity contribution in [1.29, 1.82) is 5.26 Å². The quantitative estimate of drug-likeness (QED) is 0.545. The minimum absolute atomic E-state index is 0.0116. The summed E-state index contributed by atoms with van der Waals surface area (Å²) in [5, 5.41) is 11.4. The van der Waals surface area contributed by atoms with Gasteiger partial charge in [-0.1, -0.05) is 23.2 Å². The number of hydrogen-bond acceptors (Lipinski definition) is 6. The summed E-state index contributed by atoms with van der Waals surface area (Å²) in [6.07, 6.45) is -1.62. The Morgan fingerprint density at radius 3 is 2.71 bits per heavy atom. The maximum absolute atomic E-state index is 13.9. The summed E-state index contributed by atoms with van der Waals surface area (Å²) in [5.74, 6) is -0.493. The Kier molecular flexibility index (Phi) is 5.75. The first-order valence-electron chi connectivity index (χ1n) is 9.59. The Morgan fingerprint density at radius 1 is 1.29 bits per heavy atom. The van der Waals surface area contributed by atoms with Crippen LogP contribution < -0.4 is 11.1 Å². The summed E-state index contributed by atoms with van der Waals surface area (Å²) in [6, 6.07) is 6.04. The molecule has 1 aliphatic heterocycles. The van der Waals surface area contributed by atoms with E-state index in [1.54, 1.807) is 16.8 Å². The van der Waals surface area contributed by atoms with Crippen molar-refractivity contribution >= 4 is 40.6 Å². The van der Waals surface area contributed by atoms with Gasteiger partial charge in [-0.25, -0.2) is 9.97 Å². The van der Waals surface area contributed by atoms with Gasteiger partial charge in [-0.3, -0.25) is 9.79 Å². The van der Waals surface area contributed by atoms with E-state index in [1.165, 1.54) is 25.3 Å². The van der Waals surface area contributed by atoms with E-state index >= 15 is 0 Å². The Morgan fingerprint density at radius 2 is 2.03 bits per heavy atom. The van der Waals surface area contributed by atoms with Gasteiger partial charge >= 0.3 is 6.18 Å². The summed E-state index contributed by atoms with van der Waals surface area (Å²) < 4.78 is 43.3. The van der Waals surface area contributed by atoms with Gasteiger partial charge in [-0.15, -0.1) is 0 Å². The zero-order chi connectivity index (χ0) is 24.8. The summed E-state index contributed by atoms with van der Waals surface area (Å²) in [6.45, 7) is 1.55. The highest BCUT2D eigenvalue weighted by molar-refractivity contribution is 6.37. The molecule has 1 aromatic carbocycles. The van der Waals surface area contributed by atoms with Crippen molar-refractivity contribution in [2.75, 3.05) is 5.32 Å². The highest BCUT2D eigenvalue weighted by Gasteiger charge is 2.42. The van der Waals surface area contributed by atoms with E-state index in [9.17, 15) is 18.0 Å². The minimum Gasteiger partial charge on any atom is -0.381 e. The fourth-order valence-electron chi connectivity index (χ4n) is 3.71. The lowest BCUT2D eigenvalue weighted by Crippen LogP contribution is -2.38. The molecule has 3 N–H and O–H groups in total. The predicted octanol–water partition coefficient (Wildman–Crippen LogP) is 4.36.